The van der Waals surface area contributed by atoms with Gasteiger partial charge in [0.2, 0.25) is 0 Å². The summed E-state index contributed by atoms with van der Waals surface area (Å²) in [6, 6.07) is 17.8. The van der Waals surface area contributed by atoms with Crippen molar-refractivity contribution in [2.24, 2.45) is 5.10 Å². The second kappa shape index (κ2) is 8.01. The van der Waals surface area contributed by atoms with Crippen LogP contribution in [0.2, 0.25) is 0 Å². The SMILES string of the molecule is COc1cccc(/C=N/NC(=O)C(=O)Nc2cccc3ccccc23)c1O. The van der Waals surface area contributed by atoms with Gasteiger partial charge in [-0.3, -0.25) is 9.59 Å². The quantitative estimate of drug-likeness (QED) is 0.377. The highest BCUT2D eigenvalue weighted by Gasteiger charge is 2.14. The van der Waals surface area contributed by atoms with E-state index in [1.54, 1.807) is 30.3 Å². The summed E-state index contributed by atoms with van der Waals surface area (Å²) in [5.41, 5.74) is 3.00. The molecule has 0 aliphatic rings. The third-order valence-electron chi connectivity index (χ3n) is 3.86. The van der Waals surface area contributed by atoms with E-state index in [-0.39, 0.29) is 11.5 Å². The molecule has 0 bridgehead atoms. The predicted octanol–water partition coefficient (Wildman–Crippen LogP) is 2.64. The lowest BCUT2D eigenvalue weighted by atomic mass is 10.1. The highest BCUT2D eigenvalue weighted by atomic mass is 16.5. The summed E-state index contributed by atoms with van der Waals surface area (Å²) in [6.45, 7) is 0. The van der Waals surface area contributed by atoms with Crippen LogP contribution in [0, 0.1) is 0 Å². The zero-order valence-corrected chi connectivity index (χ0v) is 14.5. The number of nitrogens with zero attached hydrogens (tertiary/aromatic N) is 1. The van der Waals surface area contributed by atoms with E-state index in [4.69, 9.17) is 4.74 Å². The molecule has 0 fully saturated rings. The number of anilines is 1. The number of benzene rings is 3. The highest BCUT2D eigenvalue weighted by molar-refractivity contribution is 6.40. The zero-order valence-electron chi connectivity index (χ0n) is 14.5. The van der Waals surface area contributed by atoms with Crippen molar-refractivity contribution < 1.29 is 19.4 Å². The van der Waals surface area contributed by atoms with E-state index in [2.05, 4.69) is 15.8 Å². The lowest BCUT2D eigenvalue weighted by Gasteiger charge is -2.08. The number of phenolic OH excluding ortho intramolecular Hbond substituents is 1. The molecule has 0 saturated carbocycles. The molecule has 0 unspecified atom stereocenters. The molecule has 27 heavy (non-hydrogen) atoms. The first-order chi connectivity index (χ1) is 13.1. The molecular formula is C20H17N3O4. The van der Waals surface area contributed by atoms with Crippen LogP contribution in [0.25, 0.3) is 10.8 Å². The van der Waals surface area contributed by atoms with Crippen LogP contribution in [0.4, 0.5) is 5.69 Å². The smallest absolute Gasteiger partial charge is 0.329 e. The van der Waals surface area contributed by atoms with Gasteiger partial charge in [-0.25, -0.2) is 5.43 Å². The Morgan fingerprint density at radius 1 is 1.00 bits per heavy atom. The Hall–Kier alpha value is -3.87. The monoisotopic (exact) mass is 363 g/mol. The summed E-state index contributed by atoms with van der Waals surface area (Å²) in [4.78, 5) is 24.1. The molecule has 0 atom stereocenters. The third-order valence-corrected chi connectivity index (χ3v) is 3.86. The molecule has 2 amide bonds. The number of carbonyl (C=O) groups is 2. The standard InChI is InChI=1S/C20H17N3O4/c1-27-17-11-5-8-14(18(17)24)12-21-23-20(26)19(25)22-16-10-4-7-13-6-2-3-9-15(13)16/h2-12,24H,1H3,(H,22,25)(H,23,26)/b21-12+. The topological polar surface area (TPSA) is 100 Å². The number of aromatic hydroxyl groups is 1. The number of para-hydroxylation sites is 1. The van der Waals surface area contributed by atoms with Crippen LogP contribution in [0.15, 0.2) is 65.8 Å². The van der Waals surface area contributed by atoms with Gasteiger partial charge in [-0.2, -0.15) is 5.10 Å². The molecule has 0 aromatic heterocycles. The van der Waals surface area contributed by atoms with Gasteiger partial charge >= 0.3 is 11.8 Å². The van der Waals surface area contributed by atoms with Gasteiger partial charge in [0.1, 0.15) is 0 Å². The Morgan fingerprint density at radius 2 is 1.74 bits per heavy atom. The second-order valence-electron chi connectivity index (χ2n) is 5.58. The maximum Gasteiger partial charge on any atom is 0.329 e. The molecule has 0 spiro atoms. The van der Waals surface area contributed by atoms with Gasteiger partial charge in [-0.1, -0.05) is 42.5 Å². The van der Waals surface area contributed by atoms with E-state index in [1.165, 1.54) is 13.3 Å². The highest BCUT2D eigenvalue weighted by Crippen LogP contribution is 2.28. The molecule has 136 valence electrons. The molecule has 0 aliphatic heterocycles. The summed E-state index contributed by atoms with van der Waals surface area (Å²) >= 11 is 0. The number of phenols is 1. The van der Waals surface area contributed by atoms with Crippen LogP contribution in [0.1, 0.15) is 5.56 Å². The summed E-state index contributed by atoms with van der Waals surface area (Å²) in [5.74, 6) is -1.61. The first-order valence-electron chi connectivity index (χ1n) is 8.08. The van der Waals surface area contributed by atoms with E-state index in [0.717, 1.165) is 10.8 Å². The third kappa shape index (κ3) is 4.04. The molecule has 0 aliphatic carbocycles. The van der Waals surface area contributed by atoms with Crippen molar-refractivity contribution in [1.82, 2.24) is 5.43 Å². The number of hydrazone groups is 1. The Balaban J connectivity index is 1.67. The molecule has 0 radical (unpaired) electrons. The Bertz CT molecular complexity index is 1030. The largest absolute Gasteiger partial charge is 0.504 e. The van der Waals surface area contributed by atoms with Crippen LogP contribution < -0.4 is 15.5 Å². The fraction of sp³-hybridized carbons (Fsp3) is 0.0500. The van der Waals surface area contributed by atoms with Crippen molar-refractivity contribution in [2.45, 2.75) is 0 Å². The van der Waals surface area contributed by atoms with Gasteiger partial charge in [0.15, 0.2) is 11.5 Å². The minimum Gasteiger partial charge on any atom is -0.504 e. The van der Waals surface area contributed by atoms with E-state index < -0.39 is 11.8 Å². The van der Waals surface area contributed by atoms with Crippen molar-refractivity contribution in [1.29, 1.82) is 0 Å². The van der Waals surface area contributed by atoms with E-state index >= 15 is 0 Å². The first kappa shape index (κ1) is 17.9. The number of hydrogen-bond donors (Lipinski definition) is 3. The lowest BCUT2D eigenvalue weighted by molar-refractivity contribution is -0.136. The van der Waals surface area contributed by atoms with Gasteiger partial charge in [0, 0.05) is 16.6 Å². The summed E-state index contributed by atoms with van der Waals surface area (Å²) < 4.78 is 4.99. The van der Waals surface area contributed by atoms with Crippen LogP contribution in [-0.4, -0.2) is 30.2 Å². The molecular weight excluding hydrogens is 346 g/mol. The average molecular weight is 363 g/mol. The van der Waals surface area contributed by atoms with Gasteiger partial charge in [-0.15, -0.1) is 0 Å². The number of amides is 2. The number of nitrogens with one attached hydrogen (secondary N) is 2. The fourth-order valence-corrected chi connectivity index (χ4v) is 2.53. The maximum absolute atomic E-state index is 12.1. The van der Waals surface area contributed by atoms with Crippen LogP contribution in [-0.2, 0) is 9.59 Å². The number of ether oxygens (including phenoxy) is 1. The maximum atomic E-state index is 12.1. The Morgan fingerprint density at radius 3 is 2.56 bits per heavy atom. The van der Waals surface area contributed by atoms with Gasteiger partial charge in [0.25, 0.3) is 0 Å². The summed E-state index contributed by atoms with van der Waals surface area (Å²) in [6.07, 6.45) is 1.22. The van der Waals surface area contributed by atoms with Crippen LogP contribution in [0.3, 0.4) is 0 Å². The zero-order chi connectivity index (χ0) is 19.2. The molecule has 3 aromatic rings. The van der Waals surface area contributed by atoms with Crippen molar-refractivity contribution in [3.63, 3.8) is 0 Å². The van der Waals surface area contributed by atoms with E-state index in [9.17, 15) is 14.7 Å². The number of methoxy groups -OCH3 is 1. The first-order valence-corrected chi connectivity index (χ1v) is 8.08. The number of rotatable bonds is 4. The van der Waals surface area contributed by atoms with Crippen molar-refractivity contribution in [3.8, 4) is 11.5 Å². The van der Waals surface area contributed by atoms with Crippen LogP contribution >= 0.6 is 0 Å². The fourth-order valence-electron chi connectivity index (χ4n) is 2.53. The predicted molar refractivity (Wildman–Crippen MR) is 103 cm³/mol. The molecule has 3 aromatic carbocycles. The van der Waals surface area contributed by atoms with Crippen molar-refractivity contribution in [3.05, 3.63) is 66.2 Å². The van der Waals surface area contributed by atoms with Gasteiger partial charge in [0.05, 0.1) is 13.3 Å². The number of fused-ring (bicyclic) bond motifs is 1. The normalized spacial score (nSPS) is 10.7. The molecule has 0 heterocycles. The van der Waals surface area contributed by atoms with Gasteiger partial charge in [-0.05, 0) is 23.6 Å². The van der Waals surface area contributed by atoms with Crippen LogP contribution in [0.5, 0.6) is 11.5 Å². The number of hydrogen-bond acceptors (Lipinski definition) is 5. The van der Waals surface area contributed by atoms with Gasteiger partial charge < -0.3 is 15.2 Å². The van der Waals surface area contributed by atoms with E-state index in [0.29, 0.717) is 11.3 Å². The molecule has 3 N–H and O–H groups in total. The summed E-state index contributed by atoms with van der Waals surface area (Å²) in [5, 5.41) is 18.0. The molecule has 0 saturated heterocycles. The molecule has 3 rings (SSSR count). The molecule has 7 nitrogen and oxygen atoms in total. The molecule has 7 heteroatoms. The Kier molecular flexibility index (Phi) is 5.32. The van der Waals surface area contributed by atoms with Crippen molar-refractivity contribution in [2.75, 3.05) is 12.4 Å². The van der Waals surface area contributed by atoms with Crippen molar-refractivity contribution >= 4 is 34.5 Å². The minimum atomic E-state index is -0.929. The Labute approximate surface area is 155 Å². The average Bonchev–Trinajstić information content (AvgIpc) is 2.69. The summed E-state index contributed by atoms with van der Waals surface area (Å²) in [7, 11) is 1.43. The minimum absolute atomic E-state index is 0.113. The lowest BCUT2D eigenvalue weighted by Crippen LogP contribution is -2.32. The second-order valence-corrected chi connectivity index (χ2v) is 5.58. The number of carbonyl (C=O) groups excluding carboxylic acids is 2. The van der Waals surface area contributed by atoms with E-state index in [1.807, 2.05) is 30.3 Å².